The number of imidazole rings is 1. The molecule has 0 fully saturated rings. The monoisotopic (exact) mass is 348 g/mol. The molecule has 0 radical (unpaired) electrons. The Kier molecular flexibility index (Phi) is 4.49. The molecule has 0 spiro atoms. The van der Waals surface area contributed by atoms with Crippen LogP contribution in [0.3, 0.4) is 0 Å². The standard InChI is InChI=1S/C17H15ClF2N4/c1-9-8-21-17(22-9)16(11-3-4-12(18)14(20)7-11)24-15-6-5-13(19)10(2)23-15/h3-8,16H,1-2H3,(H,21,22)(H,23,24)/t16-/m1/s1. The highest BCUT2D eigenvalue weighted by Crippen LogP contribution is 2.27. The molecule has 1 atom stereocenters. The third-order valence-corrected chi connectivity index (χ3v) is 3.89. The van der Waals surface area contributed by atoms with E-state index in [1.54, 1.807) is 19.2 Å². The van der Waals surface area contributed by atoms with Crippen LogP contribution in [0.4, 0.5) is 14.6 Å². The third-order valence-electron chi connectivity index (χ3n) is 3.59. The lowest BCUT2D eigenvalue weighted by molar-refractivity contribution is 0.609. The van der Waals surface area contributed by atoms with Crippen LogP contribution in [-0.2, 0) is 0 Å². The SMILES string of the molecule is Cc1cnc([C@H](Nc2ccc(F)c(C)n2)c2ccc(Cl)c(F)c2)[nH]1. The van der Waals surface area contributed by atoms with Crippen molar-refractivity contribution < 1.29 is 8.78 Å². The first-order valence-electron chi connectivity index (χ1n) is 7.30. The summed E-state index contributed by atoms with van der Waals surface area (Å²) in [7, 11) is 0. The maximum Gasteiger partial charge on any atom is 0.144 e. The fraction of sp³-hybridized carbons (Fsp3) is 0.176. The molecule has 2 heterocycles. The molecular weight excluding hydrogens is 334 g/mol. The Balaban J connectivity index is 2.01. The van der Waals surface area contributed by atoms with Crippen LogP contribution in [0.25, 0.3) is 0 Å². The van der Waals surface area contributed by atoms with Crippen molar-refractivity contribution in [3.05, 3.63) is 76.0 Å². The minimum atomic E-state index is -0.521. The number of hydrogen-bond donors (Lipinski definition) is 2. The van der Waals surface area contributed by atoms with Crippen LogP contribution in [0.15, 0.2) is 36.5 Å². The lowest BCUT2D eigenvalue weighted by atomic mass is 10.1. The van der Waals surface area contributed by atoms with E-state index in [2.05, 4.69) is 20.3 Å². The topological polar surface area (TPSA) is 53.6 Å². The normalized spacial score (nSPS) is 12.2. The number of aromatic nitrogens is 3. The first kappa shape index (κ1) is 16.4. The summed E-state index contributed by atoms with van der Waals surface area (Å²) in [5.41, 5.74) is 1.76. The lowest BCUT2D eigenvalue weighted by Gasteiger charge is -2.18. The van der Waals surface area contributed by atoms with Gasteiger partial charge in [-0.25, -0.2) is 18.7 Å². The molecule has 0 aliphatic rings. The van der Waals surface area contributed by atoms with Crippen LogP contribution >= 0.6 is 11.6 Å². The van der Waals surface area contributed by atoms with Crippen LogP contribution in [0.1, 0.15) is 28.8 Å². The van der Waals surface area contributed by atoms with E-state index in [1.807, 2.05) is 6.92 Å². The number of benzene rings is 1. The highest BCUT2D eigenvalue weighted by atomic mass is 35.5. The van der Waals surface area contributed by atoms with E-state index >= 15 is 0 Å². The zero-order valence-electron chi connectivity index (χ0n) is 13.1. The van der Waals surface area contributed by atoms with Gasteiger partial charge in [0.05, 0.1) is 10.7 Å². The molecule has 3 rings (SSSR count). The van der Waals surface area contributed by atoms with Crippen molar-refractivity contribution >= 4 is 17.4 Å². The molecule has 0 bridgehead atoms. The summed E-state index contributed by atoms with van der Waals surface area (Å²) in [4.78, 5) is 11.6. The summed E-state index contributed by atoms with van der Waals surface area (Å²) in [6, 6.07) is 6.91. The Hall–Kier alpha value is -2.47. The van der Waals surface area contributed by atoms with Crippen molar-refractivity contribution in [2.24, 2.45) is 0 Å². The van der Waals surface area contributed by atoms with Gasteiger partial charge in [0, 0.05) is 11.9 Å². The molecule has 0 amide bonds. The van der Waals surface area contributed by atoms with Gasteiger partial charge in [0.2, 0.25) is 0 Å². The number of halogens is 3. The van der Waals surface area contributed by atoms with Gasteiger partial charge in [0.1, 0.15) is 29.3 Å². The Labute approximate surface area is 142 Å². The number of pyridine rings is 1. The van der Waals surface area contributed by atoms with Gasteiger partial charge in [0.15, 0.2) is 0 Å². The molecule has 4 nitrogen and oxygen atoms in total. The number of nitrogens with one attached hydrogen (secondary N) is 2. The number of nitrogens with zero attached hydrogens (tertiary/aromatic N) is 2. The number of rotatable bonds is 4. The number of anilines is 1. The minimum Gasteiger partial charge on any atom is -0.356 e. The quantitative estimate of drug-likeness (QED) is 0.727. The predicted molar refractivity (Wildman–Crippen MR) is 89.1 cm³/mol. The van der Waals surface area contributed by atoms with Gasteiger partial charge in [-0.15, -0.1) is 0 Å². The number of aryl methyl sites for hydroxylation is 2. The molecule has 124 valence electrons. The molecule has 2 aromatic heterocycles. The molecule has 7 heteroatoms. The predicted octanol–water partition coefficient (Wildman–Crippen LogP) is 4.55. The molecule has 1 aromatic carbocycles. The Morgan fingerprint density at radius 3 is 2.54 bits per heavy atom. The fourth-order valence-electron chi connectivity index (χ4n) is 2.35. The number of H-pyrrole nitrogens is 1. The Morgan fingerprint density at radius 2 is 1.92 bits per heavy atom. The minimum absolute atomic E-state index is 0.0453. The van der Waals surface area contributed by atoms with E-state index < -0.39 is 11.9 Å². The van der Waals surface area contributed by atoms with Crippen molar-refractivity contribution in [1.29, 1.82) is 0 Å². The molecule has 24 heavy (non-hydrogen) atoms. The molecule has 0 unspecified atom stereocenters. The van der Waals surface area contributed by atoms with Gasteiger partial charge in [-0.05, 0) is 43.7 Å². The van der Waals surface area contributed by atoms with E-state index in [-0.39, 0.29) is 16.5 Å². The summed E-state index contributed by atoms with van der Waals surface area (Å²) in [6.07, 6.45) is 1.68. The number of aromatic amines is 1. The van der Waals surface area contributed by atoms with Crippen LogP contribution in [0, 0.1) is 25.5 Å². The maximum absolute atomic E-state index is 13.9. The smallest absolute Gasteiger partial charge is 0.144 e. The molecule has 0 aliphatic heterocycles. The summed E-state index contributed by atoms with van der Waals surface area (Å²) in [6.45, 7) is 3.45. The lowest BCUT2D eigenvalue weighted by Crippen LogP contribution is -2.15. The summed E-state index contributed by atoms with van der Waals surface area (Å²) in [5.74, 6) is 0.150. The fourth-order valence-corrected chi connectivity index (χ4v) is 2.47. The first-order chi connectivity index (χ1) is 11.4. The van der Waals surface area contributed by atoms with E-state index in [9.17, 15) is 8.78 Å². The number of hydrogen-bond acceptors (Lipinski definition) is 3. The van der Waals surface area contributed by atoms with E-state index in [4.69, 9.17) is 11.6 Å². The van der Waals surface area contributed by atoms with Crippen molar-refractivity contribution in [3.63, 3.8) is 0 Å². The van der Waals surface area contributed by atoms with Crippen LogP contribution in [0.2, 0.25) is 5.02 Å². The van der Waals surface area contributed by atoms with Gasteiger partial charge < -0.3 is 10.3 Å². The summed E-state index contributed by atoms with van der Waals surface area (Å²) < 4.78 is 27.3. The van der Waals surface area contributed by atoms with Gasteiger partial charge in [0.25, 0.3) is 0 Å². The van der Waals surface area contributed by atoms with Crippen LogP contribution in [0.5, 0.6) is 0 Å². The first-order valence-corrected chi connectivity index (χ1v) is 7.68. The van der Waals surface area contributed by atoms with E-state index in [1.165, 1.54) is 24.3 Å². The van der Waals surface area contributed by atoms with Crippen molar-refractivity contribution in [3.8, 4) is 0 Å². The Morgan fingerprint density at radius 1 is 1.12 bits per heavy atom. The van der Waals surface area contributed by atoms with Crippen LogP contribution in [-0.4, -0.2) is 15.0 Å². The third kappa shape index (κ3) is 3.38. The van der Waals surface area contributed by atoms with Gasteiger partial charge in [-0.3, -0.25) is 0 Å². The molecule has 3 aromatic rings. The highest BCUT2D eigenvalue weighted by molar-refractivity contribution is 6.30. The van der Waals surface area contributed by atoms with Crippen LogP contribution < -0.4 is 5.32 Å². The molecule has 0 aliphatic carbocycles. The van der Waals surface area contributed by atoms with Gasteiger partial charge >= 0.3 is 0 Å². The van der Waals surface area contributed by atoms with Crippen molar-refractivity contribution in [2.45, 2.75) is 19.9 Å². The summed E-state index contributed by atoms with van der Waals surface area (Å²) >= 11 is 5.76. The second-order valence-electron chi connectivity index (χ2n) is 5.47. The molecule has 0 saturated carbocycles. The average Bonchev–Trinajstić information content (AvgIpc) is 2.97. The summed E-state index contributed by atoms with van der Waals surface area (Å²) in [5, 5.41) is 3.20. The zero-order chi connectivity index (χ0) is 17.3. The molecule has 0 saturated heterocycles. The Bertz CT molecular complexity index is 879. The average molecular weight is 349 g/mol. The second kappa shape index (κ2) is 6.57. The zero-order valence-corrected chi connectivity index (χ0v) is 13.8. The largest absolute Gasteiger partial charge is 0.356 e. The second-order valence-corrected chi connectivity index (χ2v) is 5.87. The van der Waals surface area contributed by atoms with Crippen molar-refractivity contribution in [1.82, 2.24) is 15.0 Å². The molecule has 2 N–H and O–H groups in total. The van der Waals surface area contributed by atoms with E-state index in [0.717, 1.165) is 5.69 Å². The van der Waals surface area contributed by atoms with Crippen molar-refractivity contribution in [2.75, 3.05) is 5.32 Å². The highest BCUT2D eigenvalue weighted by Gasteiger charge is 2.19. The van der Waals surface area contributed by atoms with Gasteiger partial charge in [-0.1, -0.05) is 17.7 Å². The molecular formula is C17H15ClF2N4. The van der Waals surface area contributed by atoms with E-state index in [0.29, 0.717) is 17.2 Å². The van der Waals surface area contributed by atoms with Gasteiger partial charge in [-0.2, -0.15) is 0 Å². The maximum atomic E-state index is 13.9.